The van der Waals surface area contributed by atoms with Crippen molar-refractivity contribution in [3.63, 3.8) is 0 Å². The summed E-state index contributed by atoms with van der Waals surface area (Å²) in [6.45, 7) is 3.35. The highest BCUT2D eigenvalue weighted by molar-refractivity contribution is 7.98. The topological polar surface area (TPSA) is 41.6 Å². The highest BCUT2D eigenvalue weighted by Crippen LogP contribution is 2.30. The van der Waals surface area contributed by atoms with Gasteiger partial charge in [-0.2, -0.15) is 11.8 Å². The zero-order chi connectivity index (χ0) is 14.5. The molecule has 2 atom stereocenters. The number of nitrogens with one attached hydrogen (secondary N) is 1. The standard InChI is InChI=1S/C15H22N2O2S/c1-11(10-20-3)9-17-14(18)8-16-15(17)12-6-4-5-7-13(12)19-2/h4-7,11,15-16H,8-10H2,1-3H3. The smallest absolute Gasteiger partial charge is 0.238 e. The van der Waals surface area contributed by atoms with E-state index in [2.05, 4.69) is 18.5 Å². The number of para-hydroxylation sites is 1. The van der Waals surface area contributed by atoms with Crippen molar-refractivity contribution in [2.75, 3.05) is 32.2 Å². The first-order valence-corrected chi connectivity index (χ1v) is 8.21. The minimum absolute atomic E-state index is 0.0806. The summed E-state index contributed by atoms with van der Waals surface area (Å²) in [6.07, 6.45) is 2.01. The van der Waals surface area contributed by atoms with Gasteiger partial charge in [-0.25, -0.2) is 0 Å². The van der Waals surface area contributed by atoms with E-state index in [1.54, 1.807) is 7.11 Å². The third-order valence-corrected chi connectivity index (χ3v) is 4.37. The molecule has 20 heavy (non-hydrogen) atoms. The summed E-state index contributed by atoms with van der Waals surface area (Å²) in [5, 5.41) is 3.28. The molecular weight excluding hydrogens is 272 g/mol. The Bertz CT molecular complexity index is 467. The highest BCUT2D eigenvalue weighted by Gasteiger charge is 2.33. The molecule has 1 saturated heterocycles. The van der Waals surface area contributed by atoms with Crippen LogP contribution in [0.3, 0.4) is 0 Å². The predicted molar refractivity (Wildman–Crippen MR) is 83.0 cm³/mol. The largest absolute Gasteiger partial charge is 0.496 e. The fraction of sp³-hybridized carbons (Fsp3) is 0.533. The van der Waals surface area contributed by atoms with E-state index < -0.39 is 0 Å². The summed E-state index contributed by atoms with van der Waals surface area (Å²) < 4.78 is 5.41. The number of benzene rings is 1. The lowest BCUT2D eigenvalue weighted by Gasteiger charge is -2.28. The molecule has 1 heterocycles. The SMILES string of the molecule is COc1ccccc1C1NCC(=O)N1CC(C)CSC. The molecule has 1 fully saturated rings. The number of carbonyl (C=O) groups is 1. The lowest BCUT2D eigenvalue weighted by Crippen LogP contribution is -2.34. The van der Waals surface area contributed by atoms with Crippen LogP contribution in [0.15, 0.2) is 24.3 Å². The van der Waals surface area contributed by atoms with E-state index >= 15 is 0 Å². The number of amides is 1. The molecule has 1 aliphatic heterocycles. The van der Waals surface area contributed by atoms with Gasteiger partial charge in [-0.05, 0) is 24.0 Å². The molecule has 4 nitrogen and oxygen atoms in total. The summed E-state index contributed by atoms with van der Waals surface area (Å²) in [6, 6.07) is 7.87. The molecule has 0 radical (unpaired) electrons. The van der Waals surface area contributed by atoms with Crippen LogP contribution in [0.1, 0.15) is 18.7 Å². The number of hydrogen-bond donors (Lipinski definition) is 1. The van der Waals surface area contributed by atoms with Crippen LogP contribution >= 0.6 is 11.8 Å². The van der Waals surface area contributed by atoms with Crippen LogP contribution in [-0.4, -0.2) is 43.0 Å². The molecule has 0 spiro atoms. The second kappa shape index (κ2) is 6.99. The number of carbonyl (C=O) groups excluding carboxylic acids is 1. The number of nitrogens with zero attached hydrogens (tertiary/aromatic N) is 1. The summed E-state index contributed by atoms with van der Waals surface area (Å²) >= 11 is 1.82. The molecule has 1 N–H and O–H groups in total. The summed E-state index contributed by atoms with van der Waals surface area (Å²) in [5.74, 6) is 2.52. The molecule has 2 rings (SSSR count). The summed E-state index contributed by atoms with van der Waals surface area (Å²) in [4.78, 5) is 14.0. The van der Waals surface area contributed by atoms with Crippen molar-refractivity contribution in [3.05, 3.63) is 29.8 Å². The van der Waals surface area contributed by atoms with Crippen LogP contribution in [0.25, 0.3) is 0 Å². The van der Waals surface area contributed by atoms with E-state index in [0.717, 1.165) is 23.6 Å². The second-order valence-electron chi connectivity index (χ2n) is 5.13. The van der Waals surface area contributed by atoms with E-state index in [1.807, 2.05) is 40.9 Å². The average molecular weight is 294 g/mol. The van der Waals surface area contributed by atoms with E-state index in [-0.39, 0.29) is 12.1 Å². The maximum Gasteiger partial charge on any atom is 0.238 e. The first kappa shape index (κ1) is 15.2. The average Bonchev–Trinajstić information content (AvgIpc) is 2.80. The Balaban J connectivity index is 2.19. The van der Waals surface area contributed by atoms with Crippen molar-refractivity contribution in [2.45, 2.75) is 13.1 Å². The fourth-order valence-electron chi connectivity index (χ4n) is 2.59. The molecular formula is C15H22N2O2S. The number of thioether (sulfide) groups is 1. The molecule has 1 amide bonds. The lowest BCUT2D eigenvalue weighted by molar-refractivity contribution is -0.128. The van der Waals surface area contributed by atoms with Crippen molar-refractivity contribution in [3.8, 4) is 5.75 Å². The van der Waals surface area contributed by atoms with Crippen LogP contribution in [0.4, 0.5) is 0 Å². The van der Waals surface area contributed by atoms with Gasteiger partial charge in [-0.3, -0.25) is 10.1 Å². The lowest BCUT2D eigenvalue weighted by atomic mass is 10.1. The Labute approximate surface area is 124 Å². The van der Waals surface area contributed by atoms with Crippen molar-refractivity contribution < 1.29 is 9.53 Å². The minimum atomic E-state index is -0.0806. The van der Waals surface area contributed by atoms with E-state index in [4.69, 9.17) is 4.74 Å². The van der Waals surface area contributed by atoms with E-state index in [9.17, 15) is 4.79 Å². The Morgan fingerprint density at radius 2 is 2.25 bits per heavy atom. The number of methoxy groups -OCH3 is 1. The predicted octanol–water partition coefficient (Wildman–Crippen LogP) is 2.12. The van der Waals surface area contributed by atoms with Crippen LogP contribution < -0.4 is 10.1 Å². The number of ether oxygens (including phenoxy) is 1. The molecule has 1 aromatic carbocycles. The van der Waals surface area contributed by atoms with E-state index in [0.29, 0.717) is 12.5 Å². The zero-order valence-electron chi connectivity index (χ0n) is 12.3. The molecule has 110 valence electrons. The number of hydrogen-bond acceptors (Lipinski definition) is 4. The Morgan fingerprint density at radius 1 is 1.50 bits per heavy atom. The van der Waals surface area contributed by atoms with Gasteiger partial charge in [-0.15, -0.1) is 0 Å². The van der Waals surface area contributed by atoms with Crippen molar-refractivity contribution in [1.29, 1.82) is 0 Å². The molecule has 0 saturated carbocycles. The summed E-state index contributed by atoms with van der Waals surface area (Å²) in [5.41, 5.74) is 1.03. The Hall–Kier alpha value is -1.20. The van der Waals surface area contributed by atoms with Crippen molar-refractivity contribution in [1.82, 2.24) is 10.2 Å². The second-order valence-corrected chi connectivity index (χ2v) is 6.04. The van der Waals surface area contributed by atoms with Gasteiger partial charge in [0.15, 0.2) is 0 Å². The first-order valence-electron chi connectivity index (χ1n) is 6.82. The van der Waals surface area contributed by atoms with Crippen molar-refractivity contribution in [2.24, 2.45) is 5.92 Å². The molecule has 1 aromatic rings. The Morgan fingerprint density at radius 3 is 2.95 bits per heavy atom. The van der Waals surface area contributed by atoms with Gasteiger partial charge in [0, 0.05) is 12.1 Å². The van der Waals surface area contributed by atoms with Crippen molar-refractivity contribution >= 4 is 17.7 Å². The van der Waals surface area contributed by atoms with Gasteiger partial charge in [0.2, 0.25) is 5.91 Å². The third kappa shape index (κ3) is 3.27. The number of rotatable bonds is 6. The Kier molecular flexibility index (Phi) is 5.31. The quantitative estimate of drug-likeness (QED) is 0.872. The first-order chi connectivity index (χ1) is 9.67. The minimum Gasteiger partial charge on any atom is -0.496 e. The van der Waals surface area contributed by atoms with E-state index in [1.165, 1.54) is 0 Å². The van der Waals surface area contributed by atoms with Gasteiger partial charge in [0.05, 0.1) is 13.7 Å². The zero-order valence-corrected chi connectivity index (χ0v) is 13.1. The third-order valence-electron chi connectivity index (χ3n) is 3.47. The van der Waals surface area contributed by atoms with Gasteiger partial charge >= 0.3 is 0 Å². The van der Waals surface area contributed by atoms with Crippen LogP contribution in [0.2, 0.25) is 0 Å². The maximum absolute atomic E-state index is 12.1. The van der Waals surface area contributed by atoms with Crippen LogP contribution in [0.5, 0.6) is 5.75 Å². The molecule has 0 aliphatic carbocycles. The molecule has 1 aliphatic rings. The maximum atomic E-state index is 12.1. The fourth-order valence-corrected chi connectivity index (χ4v) is 3.26. The molecule has 2 unspecified atom stereocenters. The monoisotopic (exact) mass is 294 g/mol. The molecule has 0 aromatic heterocycles. The molecule has 0 bridgehead atoms. The summed E-state index contributed by atoms with van der Waals surface area (Å²) in [7, 11) is 1.66. The molecule has 5 heteroatoms. The normalized spacial score (nSPS) is 20.2. The van der Waals surface area contributed by atoms with Gasteiger partial charge in [0.1, 0.15) is 11.9 Å². The highest BCUT2D eigenvalue weighted by atomic mass is 32.2. The van der Waals surface area contributed by atoms with Gasteiger partial charge < -0.3 is 9.64 Å². The van der Waals surface area contributed by atoms with Gasteiger partial charge in [-0.1, -0.05) is 25.1 Å². The van der Waals surface area contributed by atoms with Gasteiger partial charge in [0.25, 0.3) is 0 Å². The van der Waals surface area contributed by atoms with Crippen LogP contribution in [0, 0.1) is 5.92 Å². The van der Waals surface area contributed by atoms with Crippen LogP contribution in [-0.2, 0) is 4.79 Å².